The molecule has 2 aliphatic rings. The van der Waals surface area contributed by atoms with Crippen LogP contribution in [0, 0.1) is 5.92 Å². The van der Waals surface area contributed by atoms with E-state index in [1.807, 2.05) is 33.8 Å². The van der Waals surface area contributed by atoms with E-state index in [1.165, 1.54) is 22.1 Å². The summed E-state index contributed by atoms with van der Waals surface area (Å²) in [7, 11) is -4.12. The van der Waals surface area contributed by atoms with E-state index in [0.717, 1.165) is 19.3 Å². The van der Waals surface area contributed by atoms with E-state index in [-0.39, 0.29) is 30.7 Å². The van der Waals surface area contributed by atoms with E-state index < -0.39 is 27.9 Å². The molecule has 3 heterocycles. The van der Waals surface area contributed by atoms with Gasteiger partial charge in [0, 0.05) is 24.4 Å². The quantitative estimate of drug-likeness (QED) is 0.321. The number of fused-ring (bicyclic) bond motifs is 3. The SMILES string of the molecule is CC[C@@H](COS(N)(=O)=O)C(O)Cn1nnc2c(N[C@H]3CC4(CCN(C(=O)OC(C)(C)C)CC4)c4ccccc43)ncnc21. The molecule has 1 amide bonds. The molecule has 4 N–H and O–H groups in total. The number of nitrogens with zero attached hydrogens (tertiary/aromatic N) is 6. The van der Waals surface area contributed by atoms with Gasteiger partial charge in [-0.25, -0.2) is 24.6 Å². The zero-order chi connectivity index (χ0) is 31.0. The summed E-state index contributed by atoms with van der Waals surface area (Å²) in [6.07, 6.45) is 3.11. The summed E-state index contributed by atoms with van der Waals surface area (Å²) in [5.41, 5.74) is 2.73. The van der Waals surface area contributed by atoms with Crippen LogP contribution >= 0.6 is 0 Å². The maximum atomic E-state index is 12.7. The van der Waals surface area contributed by atoms with Crippen LogP contribution in [0.5, 0.6) is 0 Å². The lowest BCUT2D eigenvalue weighted by Crippen LogP contribution is -2.46. The van der Waals surface area contributed by atoms with Gasteiger partial charge < -0.3 is 20.1 Å². The number of ether oxygens (including phenoxy) is 1. The van der Waals surface area contributed by atoms with Gasteiger partial charge in [-0.1, -0.05) is 36.4 Å². The van der Waals surface area contributed by atoms with Gasteiger partial charge in [0.25, 0.3) is 0 Å². The number of amides is 1. The van der Waals surface area contributed by atoms with Gasteiger partial charge in [-0.2, -0.15) is 8.42 Å². The first kappa shape index (κ1) is 31.0. The van der Waals surface area contributed by atoms with Crippen LogP contribution in [0.2, 0.25) is 0 Å². The molecule has 1 unspecified atom stereocenters. The van der Waals surface area contributed by atoms with Crippen LogP contribution in [0.15, 0.2) is 30.6 Å². The van der Waals surface area contributed by atoms with E-state index >= 15 is 0 Å². The second-order valence-electron chi connectivity index (χ2n) is 12.4. The number of aromatic nitrogens is 5. The maximum absolute atomic E-state index is 12.7. The summed E-state index contributed by atoms with van der Waals surface area (Å²) in [6, 6.07) is 8.34. The van der Waals surface area contributed by atoms with Crippen molar-refractivity contribution in [1.82, 2.24) is 29.9 Å². The monoisotopic (exact) mass is 616 g/mol. The fourth-order valence-electron chi connectivity index (χ4n) is 6.14. The summed E-state index contributed by atoms with van der Waals surface area (Å²) in [5.74, 6) is 0.0308. The van der Waals surface area contributed by atoms with Crippen molar-refractivity contribution in [1.29, 1.82) is 0 Å². The number of rotatable bonds is 9. The molecule has 5 rings (SSSR count). The number of aliphatic hydroxyl groups excluding tert-OH is 1. The van der Waals surface area contributed by atoms with Crippen LogP contribution in [0.25, 0.3) is 11.2 Å². The Bertz CT molecular complexity index is 1560. The average Bonchev–Trinajstić information content (AvgIpc) is 3.48. The highest BCUT2D eigenvalue weighted by Gasteiger charge is 2.46. The van der Waals surface area contributed by atoms with Gasteiger partial charge in [0.15, 0.2) is 17.0 Å². The number of benzene rings is 1. The van der Waals surface area contributed by atoms with E-state index in [1.54, 1.807) is 4.90 Å². The van der Waals surface area contributed by atoms with Gasteiger partial charge in [-0.3, -0.25) is 4.18 Å². The molecule has 0 bridgehead atoms. The van der Waals surface area contributed by atoms with Crippen molar-refractivity contribution in [2.45, 2.75) is 83.1 Å². The molecule has 1 spiro atoms. The molecule has 3 aromatic rings. The van der Waals surface area contributed by atoms with Crippen LogP contribution in [-0.4, -0.2) is 80.9 Å². The first-order valence-electron chi connectivity index (χ1n) is 14.5. The Morgan fingerprint density at radius 1 is 1.23 bits per heavy atom. The molecular weight excluding hydrogens is 576 g/mol. The Morgan fingerprint density at radius 2 is 1.95 bits per heavy atom. The fraction of sp³-hybridized carbons (Fsp3) is 0.607. The van der Waals surface area contributed by atoms with Crippen molar-refractivity contribution in [2.24, 2.45) is 11.1 Å². The van der Waals surface area contributed by atoms with Crippen molar-refractivity contribution >= 4 is 33.4 Å². The predicted molar refractivity (Wildman–Crippen MR) is 158 cm³/mol. The highest BCUT2D eigenvalue weighted by atomic mass is 32.2. The largest absolute Gasteiger partial charge is 0.444 e. The predicted octanol–water partition coefficient (Wildman–Crippen LogP) is 2.65. The molecule has 0 radical (unpaired) electrons. The van der Waals surface area contributed by atoms with Gasteiger partial charge in [-0.05, 0) is 57.6 Å². The van der Waals surface area contributed by atoms with Crippen LogP contribution in [0.3, 0.4) is 0 Å². The summed E-state index contributed by atoms with van der Waals surface area (Å²) < 4.78 is 34.2. The summed E-state index contributed by atoms with van der Waals surface area (Å²) in [4.78, 5) is 23.3. The molecule has 14 nitrogen and oxygen atoms in total. The van der Waals surface area contributed by atoms with E-state index in [4.69, 9.17) is 14.1 Å². The van der Waals surface area contributed by atoms with Crippen molar-refractivity contribution in [3.63, 3.8) is 0 Å². The minimum Gasteiger partial charge on any atom is -0.444 e. The molecule has 0 saturated carbocycles. The Kier molecular flexibility index (Phi) is 8.62. The molecule has 1 fully saturated rings. The van der Waals surface area contributed by atoms with Crippen molar-refractivity contribution in [3.05, 3.63) is 41.7 Å². The number of carbonyl (C=O) groups excluding carboxylic acids is 1. The van der Waals surface area contributed by atoms with Crippen molar-refractivity contribution in [2.75, 3.05) is 25.0 Å². The Labute approximate surface area is 251 Å². The molecule has 15 heteroatoms. The Morgan fingerprint density at radius 3 is 2.63 bits per heavy atom. The van der Waals surface area contributed by atoms with E-state index in [9.17, 15) is 18.3 Å². The molecule has 1 aliphatic heterocycles. The Hall–Kier alpha value is -3.40. The van der Waals surface area contributed by atoms with Crippen LogP contribution in [0.1, 0.15) is 70.5 Å². The number of likely N-dealkylation sites (tertiary alicyclic amines) is 1. The summed E-state index contributed by atoms with van der Waals surface area (Å²) in [5, 5.41) is 27.8. The first-order valence-corrected chi connectivity index (χ1v) is 16.0. The minimum absolute atomic E-state index is 0.0307. The topological polar surface area (TPSA) is 188 Å². The van der Waals surface area contributed by atoms with Gasteiger partial charge in [0.1, 0.15) is 11.9 Å². The highest BCUT2D eigenvalue weighted by Crippen LogP contribution is 2.51. The second-order valence-corrected chi connectivity index (χ2v) is 13.6. The normalized spacial score (nSPS) is 19.8. The molecule has 234 valence electrons. The minimum atomic E-state index is -4.12. The number of anilines is 1. The van der Waals surface area contributed by atoms with Gasteiger partial charge in [0.2, 0.25) is 0 Å². The molecule has 3 atom stereocenters. The lowest BCUT2D eigenvalue weighted by Gasteiger charge is -2.40. The third-order valence-corrected chi connectivity index (χ3v) is 8.83. The molecular formula is C28H40N8O6S. The number of piperidine rings is 1. The number of carbonyl (C=O) groups is 1. The Balaban J connectivity index is 1.31. The number of nitrogens with two attached hydrogens (primary N) is 1. The first-order chi connectivity index (χ1) is 20.3. The van der Waals surface area contributed by atoms with Gasteiger partial charge in [-0.15, -0.1) is 5.10 Å². The number of nitrogens with one attached hydrogen (secondary N) is 1. The third kappa shape index (κ3) is 6.89. The molecule has 2 aromatic heterocycles. The lowest BCUT2D eigenvalue weighted by molar-refractivity contribution is 0.0162. The van der Waals surface area contributed by atoms with Crippen molar-refractivity contribution < 1.29 is 27.2 Å². The molecule has 43 heavy (non-hydrogen) atoms. The molecule has 1 aliphatic carbocycles. The van der Waals surface area contributed by atoms with Gasteiger partial charge in [0.05, 0.1) is 25.3 Å². The van der Waals surface area contributed by atoms with Crippen LogP contribution in [0.4, 0.5) is 10.6 Å². The number of hydrogen-bond donors (Lipinski definition) is 3. The van der Waals surface area contributed by atoms with Crippen molar-refractivity contribution in [3.8, 4) is 0 Å². The van der Waals surface area contributed by atoms with E-state index in [2.05, 4.69) is 43.8 Å². The highest BCUT2D eigenvalue weighted by molar-refractivity contribution is 7.84. The molecule has 1 saturated heterocycles. The van der Waals surface area contributed by atoms with E-state index in [0.29, 0.717) is 36.5 Å². The third-order valence-electron chi connectivity index (χ3n) is 8.36. The number of aliphatic hydroxyl groups is 1. The summed E-state index contributed by atoms with van der Waals surface area (Å²) >= 11 is 0. The van der Waals surface area contributed by atoms with Crippen LogP contribution < -0.4 is 10.5 Å². The number of hydrogen-bond acceptors (Lipinski definition) is 11. The fourth-order valence-corrected chi connectivity index (χ4v) is 6.50. The lowest BCUT2D eigenvalue weighted by atomic mass is 9.73. The smallest absolute Gasteiger partial charge is 0.410 e. The van der Waals surface area contributed by atoms with Gasteiger partial charge >= 0.3 is 16.4 Å². The standard InChI is InChI=1S/C28H40N8O6S/c1-5-18(16-41-43(29,39)40)22(37)15-36-25-23(33-34-36)24(30-17-31-25)32-21-14-28(20-9-7-6-8-19(20)21)10-12-35(13-11-28)26(38)42-27(2,3)4/h6-9,17-18,21-22,37H,5,10-16H2,1-4H3,(H2,29,39,40)(H,30,31,32)/t18-,21-,22?/m0/s1. The summed E-state index contributed by atoms with van der Waals surface area (Å²) in [6.45, 7) is 8.46. The second kappa shape index (κ2) is 11.9. The molecule has 1 aromatic carbocycles. The zero-order valence-electron chi connectivity index (χ0n) is 24.9. The zero-order valence-corrected chi connectivity index (χ0v) is 25.7. The maximum Gasteiger partial charge on any atom is 0.410 e. The average molecular weight is 617 g/mol. The van der Waals surface area contributed by atoms with Crippen LogP contribution in [-0.2, 0) is 31.2 Å².